The van der Waals surface area contributed by atoms with Crippen LogP contribution in [0.15, 0.2) is 12.4 Å². The summed E-state index contributed by atoms with van der Waals surface area (Å²) in [6, 6.07) is 0. The summed E-state index contributed by atoms with van der Waals surface area (Å²) in [7, 11) is 0. The Hall–Kier alpha value is -0.210. The van der Waals surface area contributed by atoms with Crippen molar-refractivity contribution in [3.63, 3.8) is 0 Å². The van der Waals surface area contributed by atoms with Crippen LogP contribution in [0.5, 0.6) is 0 Å². The van der Waals surface area contributed by atoms with E-state index in [9.17, 15) is 0 Å². The highest BCUT2D eigenvalue weighted by Gasteiger charge is 1.92. The molecule has 1 aromatic rings. The summed E-state index contributed by atoms with van der Waals surface area (Å²) in [6.45, 7) is 2.96. The van der Waals surface area contributed by atoms with Gasteiger partial charge in [0.25, 0.3) is 0 Å². The molecule has 2 nitrogen and oxygen atoms in total. The molecule has 0 bridgehead atoms. The monoisotopic (exact) mass is 180 g/mol. The van der Waals surface area contributed by atoms with Gasteiger partial charge in [0.05, 0.1) is 12.1 Å². The smallest absolute Gasteiger partial charge is 0.0533 e. The van der Waals surface area contributed by atoms with E-state index < -0.39 is 0 Å². The zero-order valence-electron chi connectivity index (χ0n) is 5.75. The van der Waals surface area contributed by atoms with Crippen molar-refractivity contribution in [1.82, 2.24) is 9.78 Å². The first-order chi connectivity index (χ1) is 4.36. The van der Waals surface area contributed by atoms with E-state index in [0.717, 1.165) is 12.1 Å². The predicted octanol–water partition coefficient (Wildman–Crippen LogP) is 2.06. The second-order valence-electron chi connectivity index (χ2n) is 1.84. The molecular formula is C6H10Cl2N2. The molecule has 0 aliphatic rings. The van der Waals surface area contributed by atoms with Gasteiger partial charge in [0.2, 0.25) is 0 Å². The van der Waals surface area contributed by atoms with Crippen LogP contribution in [0.3, 0.4) is 0 Å². The quantitative estimate of drug-likeness (QED) is 0.638. The van der Waals surface area contributed by atoms with Crippen LogP contribution >= 0.6 is 24.0 Å². The number of hydrogen-bond donors (Lipinski definition) is 0. The molecular weight excluding hydrogens is 171 g/mol. The first kappa shape index (κ1) is 9.79. The van der Waals surface area contributed by atoms with Crippen LogP contribution in [0.1, 0.15) is 12.5 Å². The minimum atomic E-state index is 0. The molecule has 0 spiro atoms. The molecule has 0 aliphatic carbocycles. The standard InChI is InChI=1S/C6H9ClN2.ClH/c1-2-9-5-6(3-7)4-8-9;/h4-5H,2-3H2,1H3;1H. The average molecular weight is 181 g/mol. The van der Waals surface area contributed by atoms with Crippen LogP contribution in [-0.2, 0) is 12.4 Å². The van der Waals surface area contributed by atoms with Crippen molar-refractivity contribution >= 4 is 24.0 Å². The topological polar surface area (TPSA) is 17.8 Å². The van der Waals surface area contributed by atoms with Gasteiger partial charge in [-0.05, 0) is 6.92 Å². The summed E-state index contributed by atoms with van der Waals surface area (Å²) in [5, 5.41) is 4.04. The van der Waals surface area contributed by atoms with E-state index >= 15 is 0 Å². The van der Waals surface area contributed by atoms with Crippen molar-refractivity contribution in [2.75, 3.05) is 0 Å². The van der Waals surface area contributed by atoms with Crippen LogP contribution in [-0.4, -0.2) is 9.78 Å². The molecule has 58 valence electrons. The predicted molar refractivity (Wildman–Crippen MR) is 44.7 cm³/mol. The van der Waals surface area contributed by atoms with Crippen molar-refractivity contribution in [3.05, 3.63) is 18.0 Å². The third-order valence-electron chi connectivity index (χ3n) is 1.17. The molecule has 0 N–H and O–H groups in total. The summed E-state index contributed by atoms with van der Waals surface area (Å²) in [4.78, 5) is 0. The molecule has 0 saturated carbocycles. The van der Waals surface area contributed by atoms with E-state index in [1.165, 1.54) is 0 Å². The minimum Gasteiger partial charge on any atom is -0.273 e. The molecule has 4 heteroatoms. The normalized spacial score (nSPS) is 9.00. The zero-order valence-corrected chi connectivity index (χ0v) is 7.32. The molecule has 0 amide bonds. The molecule has 10 heavy (non-hydrogen) atoms. The van der Waals surface area contributed by atoms with Crippen molar-refractivity contribution < 1.29 is 0 Å². The number of aryl methyl sites for hydroxylation is 1. The first-order valence-electron chi connectivity index (χ1n) is 2.94. The van der Waals surface area contributed by atoms with Gasteiger partial charge < -0.3 is 0 Å². The Morgan fingerprint density at radius 3 is 2.70 bits per heavy atom. The Labute approximate surface area is 71.6 Å². The van der Waals surface area contributed by atoms with Crippen molar-refractivity contribution in [1.29, 1.82) is 0 Å². The van der Waals surface area contributed by atoms with Gasteiger partial charge in [-0.2, -0.15) is 5.10 Å². The molecule has 1 heterocycles. The minimum absolute atomic E-state index is 0. The van der Waals surface area contributed by atoms with E-state index in [1.54, 1.807) is 6.20 Å². The lowest BCUT2D eigenvalue weighted by molar-refractivity contribution is 0.659. The summed E-state index contributed by atoms with van der Waals surface area (Å²) in [5.41, 5.74) is 1.08. The number of rotatable bonds is 2. The highest BCUT2D eigenvalue weighted by molar-refractivity contribution is 6.17. The van der Waals surface area contributed by atoms with Crippen molar-refractivity contribution in [2.45, 2.75) is 19.3 Å². The molecule has 0 fully saturated rings. The fourth-order valence-electron chi connectivity index (χ4n) is 0.648. The van der Waals surface area contributed by atoms with Gasteiger partial charge >= 0.3 is 0 Å². The third-order valence-corrected chi connectivity index (χ3v) is 1.47. The van der Waals surface area contributed by atoms with Crippen LogP contribution in [0.4, 0.5) is 0 Å². The Morgan fingerprint density at radius 1 is 1.70 bits per heavy atom. The van der Waals surface area contributed by atoms with Gasteiger partial charge in [-0.1, -0.05) is 0 Å². The fraction of sp³-hybridized carbons (Fsp3) is 0.500. The Balaban J connectivity index is 0.000000810. The highest BCUT2D eigenvalue weighted by Crippen LogP contribution is 2.00. The fourth-order valence-corrected chi connectivity index (χ4v) is 0.786. The van der Waals surface area contributed by atoms with Gasteiger partial charge in [0.1, 0.15) is 0 Å². The van der Waals surface area contributed by atoms with Gasteiger partial charge in [0, 0.05) is 18.3 Å². The Kier molecular flexibility index (Phi) is 4.49. The largest absolute Gasteiger partial charge is 0.273 e. The van der Waals surface area contributed by atoms with E-state index in [0.29, 0.717) is 5.88 Å². The summed E-state index contributed by atoms with van der Waals surface area (Å²) in [6.07, 6.45) is 3.74. The summed E-state index contributed by atoms with van der Waals surface area (Å²) >= 11 is 5.54. The second-order valence-corrected chi connectivity index (χ2v) is 2.11. The molecule has 0 aliphatic heterocycles. The number of aromatic nitrogens is 2. The van der Waals surface area contributed by atoms with E-state index in [4.69, 9.17) is 11.6 Å². The molecule has 1 aromatic heterocycles. The van der Waals surface area contributed by atoms with Gasteiger partial charge in [-0.3, -0.25) is 4.68 Å². The van der Waals surface area contributed by atoms with E-state index in [1.807, 2.05) is 17.8 Å². The van der Waals surface area contributed by atoms with Gasteiger partial charge in [-0.25, -0.2) is 0 Å². The summed E-state index contributed by atoms with van der Waals surface area (Å²) < 4.78 is 1.86. The second kappa shape index (κ2) is 4.58. The van der Waals surface area contributed by atoms with Crippen LogP contribution in [0.25, 0.3) is 0 Å². The lowest BCUT2D eigenvalue weighted by Gasteiger charge is -1.89. The van der Waals surface area contributed by atoms with Crippen LogP contribution in [0, 0.1) is 0 Å². The lowest BCUT2D eigenvalue weighted by Crippen LogP contribution is -1.91. The maximum Gasteiger partial charge on any atom is 0.0533 e. The number of halogens is 2. The molecule has 0 unspecified atom stereocenters. The molecule has 0 radical (unpaired) electrons. The van der Waals surface area contributed by atoms with Gasteiger partial charge in [0.15, 0.2) is 0 Å². The molecule has 0 atom stereocenters. The van der Waals surface area contributed by atoms with Crippen molar-refractivity contribution in [3.8, 4) is 0 Å². The SMILES string of the molecule is CCn1cc(CCl)cn1.Cl. The van der Waals surface area contributed by atoms with Crippen molar-refractivity contribution in [2.24, 2.45) is 0 Å². The molecule has 1 rings (SSSR count). The Morgan fingerprint density at radius 2 is 2.40 bits per heavy atom. The molecule has 0 saturated heterocycles. The number of hydrogen-bond acceptors (Lipinski definition) is 1. The summed E-state index contributed by atoms with van der Waals surface area (Å²) in [5.74, 6) is 0.556. The van der Waals surface area contributed by atoms with E-state index in [2.05, 4.69) is 5.10 Å². The maximum atomic E-state index is 5.54. The third kappa shape index (κ3) is 2.20. The Bertz CT molecular complexity index is 167. The average Bonchev–Trinajstić information content (AvgIpc) is 2.34. The zero-order chi connectivity index (χ0) is 6.69. The number of alkyl halides is 1. The highest BCUT2D eigenvalue weighted by atomic mass is 35.5. The first-order valence-corrected chi connectivity index (χ1v) is 3.47. The lowest BCUT2D eigenvalue weighted by atomic mass is 10.4. The van der Waals surface area contributed by atoms with E-state index in [-0.39, 0.29) is 12.4 Å². The van der Waals surface area contributed by atoms with Crippen LogP contribution < -0.4 is 0 Å². The maximum absolute atomic E-state index is 5.54. The molecule has 0 aromatic carbocycles. The van der Waals surface area contributed by atoms with Gasteiger partial charge in [-0.15, -0.1) is 24.0 Å². The number of nitrogens with zero attached hydrogens (tertiary/aromatic N) is 2. The van der Waals surface area contributed by atoms with Crippen LogP contribution in [0.2, 0.25) is 0 Å².